The molecule has 1 amide bonds. The van der Waals surface area contributed by atoms with Crippen LogP contribution in [0, 0.1) is 5.41 Å². The van der Waals surface area contributed by atoms with Crippen LogP contribution in [-0.2, 0) is 4.79 Å². The molecule has 4 heteroatoms. The Morgan fingerprint density at radius 1 is 1.22 bits per heavy atom. The summed E-state index contributed by atoms with van der Waals surface area (Å²) >= 11 is 1.56. The zero-order valence-corrected chi connectivity index (χ0v) is 20.4. The highest BCUT2D eigenvalue weighted by Crippen LogP contribution is 2.43. The van der Waals surface area contributed by atoms with Gasteiger partial charge in [-0.25, -0.2) is 0 Å². The molecule has 0 heterocycles. The van der Waals surface area contributed by atoms with Crippen molar-refractivity contribution in [1.82, 2.24) is 10.6 Å². The zero-order valence-electron chi connectivity index (χ0n) is 19.6. The molecule has 0 spiro atoms. The first-order valence-electron chi connectivity index (χ1n) is 10.7. The minimum atomic E-state index is -0.188. The summed E-state index contributed by atoms with van der Waals surface area (Å²) in [5.41, 5.74) is 5.89. The maximum Gasteiger partial charge on any atom is 0.250 e. The predicted molar refractivity (Wildman–Crippen MR) is 145 cm³/mol. The van der Waals surface area contributed by atoms with Crippen LogP contribution in [0.5, 0.6) is 0 Å². The van der Waals surface area contributed by atoms with Crippen molar-refractivity contribution < 1.29 is 7.65 Å². The molecule has 1 atom stereocenters. The van der Waals surface area contributed by atoms with Gasteiger partial charge in [0.15, 0.2) is 0 Å². The van der Waals surface area contributed by atoms with Crippen molar-refractivity contribution >= 4 is 17.7 Å². The van der Waals surface area contributed by atoms with Gasteiger partial charge in [-0.05, 0) is 54.5 Å². The highest BCUT2D eigenvalue weighted by Gasteiger charge is 2.29. The Morgan fingerprint density at radius 2 is 1.97 bits per heavy atom. The SMILES string of the molecule is C=CSC(=C)C1=CCC2(C)C=CCC(NC(=C\C)/C(/C=C\C(=C)C(=O)NC)=C/C)=CC2=C1.[HH].[HH]. The average molecular weight is 451 g/mol. The van der Waals surface area contributed by atoms with E-state index >= 15 is 0 Å². The number of fused-ring (bicyclic) bond motifs is 1. The van der Waals surface area contributed by atoms with Crippen molar-refractivity contribution in [2.75, 3.05) is 7.05 Å². The summed E-state index contributed by atoms with van der Waals surface area (Å²) in [5.74, 6) is -0.188. The fraction of sp³-hybridized carbons (Fsp3) is 0.250. The Morgan fingerprint density at radius 3 is 2.59 bits per heavy atom. The number of likely N-dealkylation sites (N-methyl/N-ethyl adjacent to an activating group) is 1. The Kier molecular flexibility index (Phi) is 9.15. The normalized spacial score (nSPS) is 21.1. The maximum absolute atomic E-state index is 11.7. The first-order valence-corrected chi connectivity index (χ1v) is 11.6. The standard InChI is InChI=1S/C28H34N2OS.2H2/c1-8-22(14-13-20(4)27(31)29-7)26(9-2)30-25-12-11-16-28(6)17-15-23(18-24(28)19-25)21(5)32-10-3;;/h8-11,13-16,18-19,30H,3-5,12,17H2,1-2,6-7H3,(H,29,31);2*1H/b14-13-,22-8+,26-9-;;. The van der Waals surface area contributed by atoms with Gasteiger partial charge in [0.25, 0.3) is 0 Å². The lowest BCUT2D eigenvalue weighted by atomic mass is 9.75. The van der Waals surface area contributed by atoms with Gasteiger partial charge in [-0.2, -0.15) is 0 Å². The van der Waals surface area contributed by atoms with Gasteiger partial charge in [-0.1, -0.05) is 81.0 Å². The molecule has 172 valence electrons. The number of rotatable bonds is 9. The Balaban J connectivity index is 0.00000544. The molecule has 0 aromatic heterocycles. The highest BCUT2D eigenvalue weighted by atomic mass is 32.2. The maximum atomic E-state index is 11.7. The van der Waals surface area contributed by atoms with E-state index in [4.69, 9.17) is 0 Å². The molecule has 2 aliphatic rings. The van der Waals surface area contributed by atoms with Crippen molar-refractivity contribution in [1.29, 1.82) is 0 Å². The van der Waals surface area contributed by atoms with Gasteiger partial charge in [-0.15, -0.1) is 0 Å². The molecule has 0 fully saturated rings. The van der Waals surface area contributed by atoms with Gasteiger partial charge in [0.1, 0.15) is 0 Å². The van der Waals surface area contributed by atoms with Crippen LogP contribution >= 0.6 is 11.8 Å². The molecule has 0 bridgehead atoms. The second-order valence-electron chi connectivity index (χ2n) is 7.87. The van der Waals surface area contributed by atoms with E-state index in [0.29, 0.717) is 5.57 Å². The fourth-order valence-corrected chi connectivity index (χ4v) is 4.08. The third kappa shape index (κ3) is 6.27. The molecule has 1 unspecified atom stereocenters. The monoisotopic (exact) mass is 450 g/mol. The molecule has 2 aliphatic carbocycles. The lowest BCUT2D eigenvalue weighted by molar-refractivity contribution is -0.116. The van der Waals surface area contributed by atoms with Gasteiger partial charge in [-0.3, -0.25) is 4.79 Å². The number of hydrogen-bond donors (Lipinski definition) is 2. The molecule has 32 heavy (non-hydrogen) atoms. The van der Waals surface area contributed by atoms with Crippen LogP contribution in [0.1, 0.15) is 36.5 Å². The molecule has 0 aromatic rings. The Labute approximate surface area is 200 Å². The number of carbonyl (C=O) groups excluding carboxylic acids is 1. The zero-order chi connectivity index (χ0) is 23.7. The van der Waals surface area contributed by atoms with E-state index in [-0.39, 0.29) is 14.2 Å². The summed E-state index contributed by atoms with van der Waals surface area (Å²) in [6, 6.07) is 0. The van der Waals surface area contributed by atoms with Crippen molar-refractivity contribution in [2.24, 2.45) is 5.41 Å². The topological polar surface area (TPSA) is 41.1 Å². The predicted octanol–water partition coefficient (Wildman–Crippen LogP) is 7.27. The quantitative estimate of drug-likeness (QED) is 0.220. The molecule has 2 rings (SSSR count). The second kappa shape index (κ2) is 11.6. The van der Waals surface area contributed by atoms with Gasteiger partial charge in [0.05, 0.1) is 0 Å². The Bertz CT molecular complexity index is 1030. The third-order valence-corrected chi connectivity index (χ3v) is 6.29. The summed E-state index contributed by atoms with van der Waals surface area (Å²) in [7, 11) is 1.60. The van der Waals surface area contributed by atoms with E-state index < -0.39 is 0 Å². The van der Waals surface area contributed by atoms with Gasteiger partial charge in [0.2, 0.25) is 5.91 Å². The van der Waals surface area contributed by atoms with E-state index in [9.17, 15) is 4.79 Å². The number of allylic oxidation sites excluding steroid dienone is 10. The van der Waals surface area contributed by atoms with Gasteiger partial charge < -0.3 is 10.6 Å². The number of nitrogens with one attached hydrogen (secondary N) is 2. The molecule has 0 radical (unpaired) electrons. The van der Waals surface area contributed by atoms with Crippen LogP contribution in [0.3, 0.4) is 0 Å². The summed E-state index contributed by atoms with van der Waals surface area (Å²) in [6.07, 6.45) is 20.7. The molecule has 0 saturated heterocycles. The molecule has 0 aromatic carbocycles. The van der Waals surface area contributed by atoms with Crippen molar-refractivity contribution in [3.63, 3.8) is 0 Å². The van der Waals surface area contributed by atoms with Gasteiger partial charge in [0, 0.05) is 43.6 Å². The molecule has 3 nitrogen and oxygen atoms in total. The summed E-state index contributed by atoms with van der Waals surface area (Å²) in [4.78, 5) is 12.7. The second-order valence-corrected chi connectivity index (χ2v) is 8.94. The number of thioether (sulfide) groups is 1. The Hall–Kier alpha value is -2.98. The summed E-state index contributed by atoms with van der Waals surface area (Å²) in [6.45, 7) is 18.1. The van der Waals surface area contributed by atoms with E-state index in [0.717, 1.165) is 40.3 Å². The first-order chi connectivity index (χ1) is 15.3. The summed E-state index contributed by atoms with van der Waals surface area (Å²) in [5, 5.41) is 8.01. The average Bonchev–Trinajstić information content (AvgIpc) is 2.95. The minimum absolute atomic E-state index is 0. The number of carbonyl (C=O) groups is 1. The van der Waals surface area contributed by atoms with Crippen LogP contribution in [0.15, 0.2) is 118 Å². The summed E-state index contributed by atoms with van der Waals surface area (Å²) < 4.78 is 0. The van der Waals surface area contributed by atoms with Crippen LogP contribution in [0.2, 0.25) is 0 Å². The van der Waals surface area contributed by atoms with E-state index in [2.05, 4.69) is 67.7 Å². The molecule has 0 aliphatic heterocycles. The largest absolute Gasteiger partial charge is 0.358 e. The van der Waals surface area contributed by atoms with Crippen molar-refractivity contribution in [2.45, 2.75) is 33.6 Å². The van der Waals surface area contributed by atoms with E-state index in [1.165, 1.54) is 5.57 Å². The fourth-order valence-electron chi connectivity index (χ4n) is 3.60. The lowest BCUT2D eigenvalue weighted by Gasteiger charge is -2.30. The van der Waals surface area contributed by atoms with E-state index in [1.807, 2.05) is 37.5 Å². The minimum Gasteiger partial charge on any atom is -0.358 e. The first kappa shape index (κ1) is 25.3. The molecular weight excluding hydrogens is 412 g/mol. The van der Waals surface area contributed by atoms with Crippen molar-refractivity contribution in [3.05, 3.63) is 118 Å². The highest BCUT2D eigenvalue weighted by molar-refractivity contribution is 8.06. The van der Waals surface area contributed by atoms with Crippen LogP contribution < -0.4 is 10.6 Å². The smallest absolute Gasteiger partial charge is 0.250 e. The molecular formula is C28H38N2OS. The van der Waals surface area contributed by atoms with Crippen LogP contribution in [0.25, 0.3) is 0 Å². The third-order valence-electron chi connectivity index (χ3n) is 5.61. The van der Waals surface area contributed by atoms with Gasteiger partial charge >= 0.3 is 0 Å². The molecule has 0 saturated carbocycles. The van der Waals surface area contributed by atoms with Crippen LogP contribution in [0.4, 0.5) is 0 Å². The number of hydrogen-bond acceptors (Lipinski definition) is 3. The lowest BCUT2D eigenvalue weighted by Crippen LogP contribution is -2.19. The van der Waals surface area contributed by atoms with Crippen LogP contribution in [-0.4, -0.2) is 13.0 Å². The number of amides is 1. The molecule has 2 N–H and O–H groups in total. The van der Waals surface area contributed by atoms with E-state index in [1.54, 1.807) is 24.9 Å². The van der Waals surface area contributed by atoms with Crippen molar-refractivity contribution in [3.8, 4) is 0 Å².